The molecule has 0 bridgehead atoms. The Balaban J connectivity index is 1.90. The van der Waals surface area contributed by atoms with Gasteiger partial charge in [0.15, 0.2) is 0 Å². The Morgan fingerprint density at radius 3 is 2.40 bits per heavy atom. The minimum Gasteiger partial charge on any atom is -0.497 e. The molecule has 0 saturated carbocycles. The van der Waals surface area contributed by atoms with Gasteiger partial charge in [-0.1, -0.05) is 30.3 Å². The Kier molecular flexibility index (Phi) is 6.15. The highest BCUT2D eigenvalue weighted by atomic mass is 16.6. The van der Waals surface area contributed by atoms with Crippen LogP contribution < -0.4 is 4.74 Å². The molecule has 158 valence electrons. The number of fused-ring (bicyclic) bond motifs is 1. The lowest BCUT2D eigenvalue weighted by molar-refractivity contribution is -0.129. The maximum Gasteiger partial charge on any atom is 0.419 e. The Labute approximate surface area is 177 Å². The number of rotatable bonds is 5. The van der Waals surface area contributed by atoms with Crippen molar-refractivity contribution in [1.82, 2.24) is 9.47 Å². The van der Waals surface area contributed by atoms with Crippen molar-refractivity contribution < 1.29 is 19.1 Å². The third-order valence-corrected chi connectivity index (χ3v) is 4.71. The molecule has 1 amide bonds. The average Bonchev–Trinajstić information content (AvgIpc) is 3.05. The standard InChI is InChI=1S/C24H28N2O4/c1-24(2,3)30-23(28)26-16-18(20-14-19(29-5)11-12-21(20)26)13-22(27)25(4)15-17-9-7-6-8-10-17/h6-12,14,16H,13,15H2,1-5H3. The predicted molar refractivity (Wildman–Crippen MR) is 117 cm³/mol. The van der Waals surface area contributed by atoms with Crippen molar-refractivity contribution in [2.75, 3.05) is 14.2 Å². The SMILES string of the molecule is COc1ccc2c(c1)c(CC(=O)N(C)Cc1ccccc1)cn2C(=O)OC(C)(C)C. The molecule has 1 aromatic heterocycles. The molecule has 3 rings (SSSR count). The molecule has 2 aromatic carbocycles. The summed E-state index contributed by atoms with van der Waals surface area (Å²) in [6.07, 6.45) is 1.38. The van der Waals surface area contributed by atoms with Gasteiger partial charge in [-0.25, -0.2) is 4.79 Å². The van der Waals surface area contributed by atoms with Crippen LogP contribution >= 0.6 is 0 Å². The monoisotopic (exact) mass is 408 g/mol. The molecule has 0 saturated heterocycles. The summed E-state index contributed by atoms with van der Waals surface area (Å²) in [7, 11) is 3.37. The van der Waals surface area contributed by atoms with Crippen molar-refractivity contribution >= 4 is 22.9 Å². The van der Waals surface area contributed by atoms with Gasteiger partial charge in [0.25, 0.3) is 0 Å². The fourth-order valence-electron chi connectivity index (χ4n) is 3.25. The van der Waals surface area contributed by atoms with Crippen molar-refractivity contribution in [2.45, 2.75) is 39.3 Å². The number of nitrogens with zero attached hydrogens (tertiary/aromatic N) is 2. The van der Waals surface area contributed by atoms with E-state index in [1.165, 1.54) is 4.57 Å². The van der Waals surface area contributed by atoms with E-state index in [0.717, 1.165) is 16.5 Å². The van der Waals surface area contributed by atoms with Gasteiger partial charge >= 0.3 is 6.09 Å². The van der Waals surface area contributed by atoms with Crippen molar-refractivity contribution in [2.24, 2.45) is 0 Å². The average molecular weight is 408 g/mol. The molecule has 0 spiro atoms. The normalized spacial score (nSPS) is 11.4. The molecule has 0 atom stereocenters. The molecule has 0 aliphatic rings. The predicted octanol–water partition coefficient (Wildman–Crippen LogP) is 4.63. The number of ether oxygens (including phenoxy) is 2. The van der Waals surface area contributed by atoms with E-state index in [4.69, 9.17) is 9.47 Å². The van der Waals surface area contributed by atoms with Crippen LogP contribution in [0.5, 0.6) is 5.75 Å². The van der Waals surface area contributed by atoms with E-state index in [-0.39, 0.29) is 12.3 Å². The topological polar surface area (TPSA) is 60.8 Å². The highest BCUT2D eigenvalue weighted by Gasteiger charge is 2.22. The minimum absolute atomic E-state index is 0.0371. The zero-order chi connectivity index (χ0) is 21.9. The molecule has 30 heavy (non-hydrogen) atoms. The van der Waals surface area contributed by atoms with E-state index in [1.807, 2.05) is 57.2 Å². The summed E-state index contributed by atoms with van der Waals surface area (Å²) in [4.78, 5) is 27.3. The summed E-state index contributed by atoms with van der Waals surface area (Å²) in [6, 6.07) is 15.3. The second-order valence-corrected chi connectivity index (χ2v) is 8.30. The second kappa shape index (κ2) is 8.61. The first-order chi connectivity index (χ1) is 14.2. The van der Waals surface area contributed by atoms with E-state index >= 15 is 0 Å². The van der Waals surface area contributed by atoms with Crippen LogP contribution in [0.3, 0.4) is 0 Å². The molecule has 0 radical (unpaired) electrons. The van der Waals surface area contributed by atoms with E-state index in [0.29, 0.717) is 17.8 Å². The smallest absolute Gasteiger partial charge is 0.419 e. The third kappa shape index (κ3) is 5.00. The number of aromatic nitrogens is 1. The molecule has 1 heterocycles. The van der Waals surface area contributed by atoms with Crippen LogP contribution in [0.4, 0.5) is 4.79 Å². The lowest BCUT2D eigenvalue weighted by Gasteiger charge is -2.19. The Morgan fingerprint density at radius 1 is 1.07 bits per heavy atom. The van der Waals surface area contributed by atoms with Crippen molar-refractivity contribution in [3.63, 3.8) is 0 Å². The summed E-state index contributed by atoms with van der Waals surface area (Å²) < 4.78 is 12.3. The molecule has 6 heteroatoms. The highest BCUT2D eigenvalue weighted by Crippen LogP contribution is 2.28. The second-order valence-electron chi connectivity index (χ2n) is 8.30. The number of carbonyl (C=O) groups excluding carboxylic acids is 2. The number of methoxy groups -OCH3 is 1. The van der Waals surface area contributed by atoms with Gasteiger partial charge in [0.05, 0.1) is 19.0 Å². The number of hydrogen-bond donors (Lipinski definition) is 0. The number of benzene rings is 2. The summed E-state index contributed by atoms with van der Waals surface area (Å²) in [5, 5.41) is 0.793. The number of carbonyl (C=O) groups is 2. The van der Waals surface area contributed by atoms with Crippen LogP contribution in [0.1, 0.15) is 31.9 Å². The fourth-order valence-corrected chi connectivity index (χ4v) is 3.25. The third-order valence-electron chi connectivity index (χ3n) is 4.71. The van der Waals surface area contributed by atoms with Crippen LogP contribution in [0.25, 0.3) is 10.9 Å². The fraction of sp³-hybridized carbons (Fsp3) is 0.333. The van der Waals surface area contributed by atoms with E-state index < -0.39 is 11.7 Å². The first-order valence-electron chi connectivity index (χ1n) is 9.87. The van der Waals surface area contributed by atoms with Gasteiger partial charge < -0.3 is 14.4 Å². The molecule has 0 aliphatic carbocycles. The van der Waals surface area contributed by atoms with Gasteiger partial charge in [-0.15, -0.1) is 0 Å². The first-order valence-corrected chi connectivity index (χ1v) is 9.87. The van der Waals surface area contributed by atoms with Crippen molar-refractivity contribution in [1.29, 1.82) is 0 Å². The largest absolute Gasteiger partial charge is 0.497 e. The zero-order valence-electron chi connectivity index (χ0n) is 18.1. The van der Waals surface area contributed by atoms with Crippen molar-refractivity contribution in [3.05, 3.63) is 65.9 Å². The highest BCUT2D eigenvalue weighted by molar-refractivity contribution is 5.95. The van der Waals surface area contributed by atoms with Gasteiger partial charge in [-0.05, 0) is 50.1 Å². The molecule has 0 N–H and O–H groups in total. The summed E-state index contributed by atoms with van der Waals surface area (Å²) in [5.41, 5.74) is 1.87. The number of amides is 1. The van der Waals surface area contributed by atoms with Crippen LogP contribution in [0, 0.1) is 0 Å². The van der Waals surface area contributed by atoms with Gasteiger partial charge in [-0.2, -0.15) is 0 Å². The van der Waals surface area contributed by atoms with Crippen LogP contribution in [0.15, 0.2) is 54.7 Å². The van der Waals surface area contributed by atoms with Crippen LogP contribution in [-0.4, -0.2) is 41.2 Å². The summed E-state index contributed by atoms with van der Waals surface area (Å²) in [6.45, 7) is 5.99. The Morgan fingerprint density at radius 2 is 1.77 bits per heavy atom. The lowest BCUT2D eigenvalue weighted by atomic mass is 10.1. The molecular formula is C24H28N2O4. The van der Waals surface area contributed by atoms with Crippen LogP contribution in [0.2, 0.25) is 0 Å². The maximum absolute atomic E-state index is 12.9. The zero-order valence-corrected chi connectivity index (χ0v) is 18.1. The van der Waals surface area contributed by atoms with Crippen molar-refractivity contribution in [3.8, 4) is 5.75 Å². The molecule has 3 aromatic rings. The van der Waals surface area contributed by atoms with Gasteiger partial charge in [0, 0.05) is 25.2 Å². The summed E-state index contributed by atoms with van der Waals surface area (Å²) in [5.74, 6) is 0.626. The maximum atomic E-state index is 12.9. The Bertz CT molecular complexity index is 1050. The lowest BCUT2D eigenvalue weighted by Crippen LogP contribution is -2.28. The number of hydrogen-bond acceptors (Lipinski definition) is 4. The molecule has 6 nitrogen and oxygen atoms in total. The van der Waals surface area contributed by atoms with Gasteiger partial charge in [0.1, 0.15) is 11.4 Å². The number of likely N-dealkylation sites (N-methyl/N-ethyl adjacent to an activating group) is 1. The van der Waals surface area contributed by atoms with Gasteiger partial charge in [0.2, 0.25) is 5.91 Å². The molecule has 0 aliphatic heterocycles. The van der Waals surface area contributed by atoms with Gasteiger partial charge in [-0.3, -0.25) is 9.36 Å². The van der Waals surface area contributed by atoms with E-state index in [2.05, 4.69) is 0 Å². The first kappa shape index (κ1) is 21.4. The summed E-state index contributed by atoms with van der Waals surface area (Å²) >= 11 is 0. The Hall–Kier alpha value is -3.28. The van der Waals surface area contributed by atoms with E-state index in [1.54, 1.807) is 37.4 Å². The quantitative estimate of drug-likeness (QED) is 0.617. The van der Waals surface area contributed by atoms with Crippen LogP contribution in [-0.2, 0) is 22.5 Å². The molecule has 0 fully saturated rings. The minimum atomic E-state index is -0.619. The molecular weight excluding hydrogens is 380 g/mol. The van der Waals surface area contributed by atoms with E-state index in [9.17, 15) is 9.59 Å². The molecule has 0 unspecified atom stereocenters.